The highest BCUT2D eigenvalue weighted by Gasteiger charge is 2.17. The van der Waals surface area contributed by atoms with Gasteiger partial charge in [0.1, 0.15) is 5.82 Å². The molecule has 1 aliphatic rings. The van der Waals surface area contributed by atoms with E-state index in [1.807, 2.05) is 0 Å². The van der Waals surface area contributed by atoms with E-state index >= 15 is 0 Å². The lowest BCUT2D eigenvalue weighted by molar-refractivity contribution is -0.120. The van der Waals surface area contributed by atoms with Crippen molar-refractivity contribution in [2.24, 2.45) is 0 Å². The molecule has 0 saturated carbocycles. The predicted molar refractivity (Wildman–Crippen MR) is 83.2 cm³/mol. The lowest BCUT2D eigenvalue weighted by Gasteiger charge is -2.30. The van der Waals surface area contributed by atoms with Gasteiger partial charge in [0.25, 0.3) is 0 Å². The summed E-state index contributed by atoms with van der Waals surface area (Å²) in [4.78, 5) is 13.9. The summed E-state index contributed by atoms with van der Waals surface area (Å²) in [6.45, 7) is 4.10. The number of hydrogen-bond donors (Lipinski definition) is 2. The molecule has 0 aliphatic carbocycles. The molecule has 1 aliphatic heterocycles. The summed E-state index contributed by atoms with van der Waals surface area (Å²) in [6.07, 6.45) is 0.841. The van der Waals surface area contributed by atoms with Crippen LogP contribution in [0, 0.1) is 5.82 Å². The molecule has 1 aromatic rings. The molecule has 1 amide bonds. The SMILES string of the molecule is CN1CCO[C@H](CNCC(=O)NCCc2ccc(F)cc2)C1. The molecule has 0 aromatic heterocycles. The van der Waals surface area contributed by atoms with Gasteiger partial charge in [-0.25, -0.2) is 4.39 Å². The molecule has 1 fully saturated rings. The number of likely N-dealkylation sites (N-methyl/N-ethyl adjacent to an activating group) is 1. The highest BCUT2D eigenvalue weighted by atomic mass is 19.1. The first-order chi connectivity index (χ1) is 10.6. The zero-order valence-corrected chi connectivity index (χ0v) is 13.0. The van der Waals surface area contributed by atoms with E-state index < -0.39 is 0 Å². The van der Waals surface area contributed by atoms with Crippen LogP contribution in [-0.2, 0) is 16.0 Å². The molecular formula is C16H24FN3O2. The second-order valence-electron chi connectivity index (χ2n) is 5.61. The number of rotatable bonds is 7. The lowest BCUT2D eigenvalue weighted by Crippen LogP contribution is -2.46. The maximum atomic E-state index is 12.8. The van der Waals surface area contributed by atoms with Crippen molar-refractivity contribution < 1.29 is 13.9 Å². The molecule has 1 heterocycles. The number of benzene rings is 1. The Morgan fingerprint density at radius 2 is 2.18 bits per heavy atom. The summed E-state index contributed by atoms with van der Waals surface area (Å²) in [5.74, 6) is -0.279. The van der Waals surface area contributed by atoms with Crippen LogP contribution in [-0.4, -0.2) is 63.3 Å². The van der Waals surface area contributed by atoms with E-state index in [1.54, 1.807) is 12.1 Å². The highest BCUT2D eigenvalue weighted by molar-refractivity contribution is 5.77. The topological polar surface area (TPSA) is 53.6 Å². The van der Waals surface area contributed by atoms with Crippen molar-refractivity contribution in [2.75, 3.05) is 46.4 Å². The molecule has 5 nitrogen and oxygen atoms in total. The van der Waals surface area contributed by atoms with Gasteiger partial charge < -0.3 is 20.3 Å². The van der Waals surface area contributed by atoms with Crippen molar-refractivity contribution in [1.82, 2.24) is 15.5 Å². The van der Waals surface area contributed by atoms with Gasteiger partial charge in [0.2, 0.25) is 5.91 Å². The third-order valence-corrected chi connectivity index (χ3v) is 3.65. The fraction of sp³-hybridized carbons (Fsp3) is 0.562. The second kappa shape index (κ2) is 8.82. The minimum atomic E-state index is -0.243. The van der Waals surface area contributed by atoms with Crippen LogP contribution in [0.5, 0.6) is 0 Å². The molecule has 1 saturated heterocycles. The second-order valence-corrected chi connectivity index (χ2v) is 5.61. The Balaban J connectivity index is 1.55. The highest BCUT2D eigenvalue weighted by Crippen LogP contribution is 2.03. The zero-order chi connectivity index (χ0) is 15.8. The third-order valence-electron chi connectivity index (χ3n) is 3.65. The molecule has 22 heavy (non-hydrogen) atoms. The van der Waals surface area contributed by atoms with Gasteiger partial charge in [-0.2, -0.15) is 0 Å². The Hall–Kier alpha value is -1.50. The Bertz CT molecular complexity index is 467. The van der Waals surface area contributed by atoms with Crippen molar-refractivity contribution in [3.8, 4) is 0 Å². The largest absolute Gasteiger partial charge is 0.374 e. The molecule has 1 atom stereocenters. The average molecular weight is 309 g/mol. The molecule has 0 bridgehead atoms. The summed E-state index contributed by atoms with van der Waals surface area (Å²) in [5.41, 5.74) is 1.01. The molecular weight excluding hydrogens is 285 g/mol. The van der Waals surface area contributed by atoms with E-state index in [1.165, 1.54) is 12.1 Å². The van der Waals surface area contributed by atoms with E-state index in [4.69, 9.17) is 4.74 Å². The maximum absolute atomic E-state index is 12.8. The van der Waals surface area contributed by atoms with Gasteiger partial charge in [-0.15, -0.1) is 0 Å². The van der Waals surface area contributed by atoms with Crippen LogP contribution >= 0.6 is 0 Å². The summed E-state index contributed by atoms with van der Waals surface area (Å²) in [6, 6.07) is 6.33. The molecule has 0 spiro atoms. The smallest absolute Gasteiger partial charge is 0.233 e. The van der Waals surface area contributed by atoms with Crippen molar-refractivity contribution in [3.05, 3.63) is 35.6 Å². The van der Waals surface area contributed by atoms with Crippen LogP contribution in [0.4, 0.5) is 4.39 Å². The molecule has 6 heteroatoms. The number of amides is 1. The van der Waals surface area contributed by atoms with Gasteiger partial charge in [0, 0.05) is 26.2 Å². The molecule has 2 rings (SSSR count). The average Bonchev–Trinajstić information content (AvgIpc) is 2.49. The summed E-state index contributed by atoms with van der Waals surface area (Å²) < 4.78 is 18.4. The van der Waals surface area contributed by atoms with Crippen molar-refractivity contribution in [1.29, 1.82) is 0 Å². The first-order valence-electron chi connectivity index (χ1n) is 7.65. The van der Waals surface area contributed by atoms with E-state index in [-0.39, 0.29) is 24.4 Å². The number of carbonyl (C=O) groups is 1. The van der Waals surface area contributed by atoms with Crippen LogP contribution in [0.2, 0.25) is 0 Å². The Morgan fingerprint density at radius 3 is 2.91 bits per heavy atom. The van der Waals surface area contributed by atoms with Crippen LogP contribution in [0.1, 0.15) is 5.56 Å². The monoisotopic (exact) mass is 309 g/mol. The molecule has 0 unspecified atom stereocenters. The van der Waals surface area contributed by atoms with Crippen molar-refractivity contribution >= 4 is 5.91 Å². The van der Waals surface area contributed by atoms with Gasteiger partial charge in [-0.1, -0.05) is 12.1 Å². The van der Waals surface area contributed by atoms with E-state index in [2.05, 4.69) is 22.6 Å². The van der Waals surface area contributed by atoms with Gasteiger partial charge in [-0.3, -0.25) is 4.79 Å². The number of ether oxygens (including phenoxy) is 1. The van der Waals surface area contributed by atoms with E-state index in [0.717, 1.165) is 25.3 Å². The van der Waals surface area contributed by atoms with Gasteiger partial charge in [0.05, 0.1) is 19.3 Å². The Kier molecular flexibility index (Phi) is 6.76. The fourth-order valence-electron chi connectivity index (χ4n) is 2.40. The minimum Gasteiger partial charge on any atom is -0.374 e. The quantitative estimate of drug-likeness (QED) is 0.766. The first-order valence-corrected chi connectivity index (χ1v) is 7.65. The zero-order valence-electron chi connectivity index (χ0n) is 13.0. The van der Waals surface area contributed by atoms with E-state index in [9.17, 15) is 9.18 Å². The van der Waals surface area contributed by atoms with Gasteiger partial charge in [0.15, 0.2) is 0 Å². The number of nitrogens with zero attached hydrogens (tertiary/aromatic N) is 1. The van der Waals surface area contributed by atoms with Gasteiger partial charge in [-0.05, 0) is 31.2 Å². The maximum Gasteiger partial charge on any atom is 0.233 e. The van der Waals surface area contributed by atoms with Crippen LogP contribution in [0.3, 0.4) is 0 Å². The third kappa shape index (κ3) is 6.09. The predicted octanol–water partition coefficient (Wildman–Crippen LogP) is 0.405. The normalized spacial score (nSPS) is 19.1. The minimum absolute atomic E-state index is 0.0359. The van der Waals surface area contributed by atoms with Crippen molar-refractivity contribution in [3.63, 3.8) is 0 Å². The lowest BCUT2D eigenvalue weighted by atomic mass is 10.1. The standard InChI is InChI=1S/C16H24FN3O2/c1-20-8-9-22-15(12-20)10-18-11-16(21)19-7-6-13-2-4-14(17)5-3-13/h2-5,15,18H,6-12H2,1H3,(H,19,21)/t15-/m1/s1. The molecule has 1 aromatic carbocycles. The van der Waals surface area contributed by atoms with E-state index in [0.29, 0.717) is 19.5 Å². The number of hydrogen-bond acceptors (Lipinski definition) is 4. The van der Waals surface area contributed by atoms with Crippen molar-refractivity contribution in [2.45, 2.75) is 12.5 Å². The summed E-state index contributed by atoms with van der Waals surface area (Å²) in [5, 5.41) is 5.96. The molecule has 122 valence electrons. The number of morpholine rings is 1. The van der Waals surface area contributed by atoms with Crippen LogP contribution in [0.15, 0.2) is 24.3 Å². The molecule has 0 radical (unpaired) electrons. The first kappa shape index (κ1) is 16.9. The summed E-state index contributed by atoms with van der Waals surface area (Å²) in [7, 11) is 2.07. The van der Waals surface area contributed by atoms with Crippen LogP contribution < -0.4 is 10.6 Å². The Morgan fingerprint density at radius 1 is 1.41 bits per heavy atom. The fourth-order valence-corrected chi connectivity index (χ4v) is 2.40. The summed E-state index contributed by atoms with van der Waals surface area (Å²) >= 11 is 0. The number of halogens is 1. The Labute approximate surface area is 130 Å². The number of nitrogens with one attached hydrogen (secondary N) is 2. The van der Waals surface area contributed by atoms with Gasteiger partial charge >= 0.3 is 0 Å². The number of carbonyl (C=O) groups excluding carboxylic acids is 1. The molecule has 2 N–H and O–H groups in total. The van der Waals surface area contributed by atoms with Crippen LogP contribution in [0.25, 0.3) is 0 Å².